The molecule has 0 aromatic heterocycles. The van der Waals surface area contributed by atoms with Crippen molar-refractivity contribution in [2.24, 2.45) is 5.73 Å². The van der Waals surface area contributed by atoms with Crippen molar-refractivity contribution in [3.8, 4) is 0 Å². The SMILES string of the molecule is Cc1cc(Br)ccc1S(=O)(=O)NC1CCC(N)CC1. The maximum absolute atomic E-state index is 12.4. The van der Waals surface area contributed by atoms with Crippen LogP contribution in [0, 0.1) is 6.92 Å². The van der Waals surface area contributed by atoms with Crippen molar-refractivity contribution in [2.45, 2.75) is 49.6 Å². The molecule has 0 saturated heterocycles. The van der Waals surface area contributed by atoms with E-state index >= 15 is 0 Å². The van der Waals surface area contributed by atoms with Crippen molar-refractivity contribution in [3.63, 3.8) is 0 Å². The predicted molar refractivity (Wildman–Crippen MR) is 79.4 cm³/mol. The highest BCUT2D eigenvalue weighted by Gasteiger charge is 2.25. The summed E-state index contributed by atoms with van der Waals surface area (Å²) in [6.07, 6.45) is 3.39. The summed E-state index contributed by atoms with van der Waals surface area (Å²) in [5.41, 5.74) is 6.57. The number of nitrogens with two attached hydrogens (primary N) is 1. The van der Waals surface area contributed by atoms with Crippen LogP contribution in [0.15, 0.2) is 27.6 Å². The van der Waals surface area contributed by atoms with E-state index in [1.807, 2.05) is 6.07 Å². The van der Waals surface area contributed by atoms with Crippen molar-refractivity contribution in [1.29, 1.82) is 0 Å². The second-order valence-corrected chi connectivity index (χ2v) is 7.74. The van der Waals surface area contributed by atoms with E-state index in [1.165, 1.54) is 0 Å². The zero-order valence-electron chi connectivity index (χ0n) is 10.9. The first-order valence-electron chi connectivity index (χ1n) is 6.42. The van der Waals surface area contributed by atoms with Crippen molar-refractivity contribution < 1.29 is 8.42 Å². The number of rotatable bonds is 3. The minimum absolute atomic E-state index is 0.00727. The highest BCUT2D eigenvalue weighted by atomic mass is 79.9. The predicted octanol–water partition coefficient (Wildman–Crippen LogP) is 2.31. The summed E-state index contributed by atoms with van der Waals surface area (Å²) < 4.78 is 28.4. The van der Waals surface area contributed by atoms with Crippen LogP contribution in [0.1, 0.15) is 31.2 Å². The van der Waals surface area contributed by atoms with Crippen molar-refractivity contribution in [3.05, 3.63) is 28.2 Å². The van der Waals surface area contributed by atoms with Crippen LogP contribution in [0.5, 0.6) is 0 Å². The normalized spacial score (nSPS) is 24.4. The second kappa shape index (κ2) is 5.91. The maximum Gasteiger partial charge on any atom is 0.241 e. The molecule has 6 heteroatoms. The van der Waals surface area contributed by atoms with Crippen LogP contribution in [-0.2, 0) is 10.0 Å². The van der Waals surface area contributed by atoms with Gasteiger partial charge in [-0.3, -0.25) is 0 Å². The second-order valence-electron chi connectivity index (χ2n) is 5.14. The van der Waals surface area contributed by atoms with Crippen LogP contribution < -0.4 is 10.5 Å². The van der Waals surface area contributed by atoms with Gasteiger partial charge < -0.3 is 5.73 Å². The van der Waals surface area contributed by atoms with Crippen LogP contribution >= 0.6 is 15.9 Å². The van der Waals surface area contributed by atoms with Crippen LogP contribution in [0.4, 0.5) is 0 Å². The number of aryl methyl sites for hydroxylation is 1. The molecule has 2 rings (SSSR count). The number of sulfonamides is 1. The average molecular weight is 347 g/mol. The molecule has 106 valence electrons. The van der Waals surface area contributed by atoms with E-state index in [2.05, 4.69) is 20.7 Å². The molecule has 0 amide bonds. The van der Waals surface area contributed by atoms with Gasteiger partial charge in [0.25, 0.3) is 0 Å². The van der Waals surface area contributed by atoms with E-state index in [9.17, 15) is 8.42 Å². The Labute approximate surface area is 122 Å². The summed E-state index contributed by atoms with van der Waals surface area (Å²) in [6, 6.07) is 5.42. The van der Waals surface area contributed by atoms with Gasteiger partial charge in [-0.05, 0) is 56.4 Å². The van der Waals surface area contributed by atoms with Crippen LogP contribution in [-0.4, -0.2) is 20.5 Å². The number of hydrogen-bond acceptors (Lipinski definition) is 3. The molecule has 1 fully saturated rings. The van der Waals surface area contributed by atoms with Gasteiger partial charge in [-0.25, -0.2) is 13.1 Å². The molecule has 0 unspecified atom stereocenters. The Morgan fingerprint density at radius 1 is 1.26 bits per heavy atom. The quantitative estimate of drug-likeness (QED) is 0.881. The largest absolute Gasteiger partial charge is 0.328 e. The smallest absolute Gasteiger partial charge is 0.241 e. The molecule has 0 atom stereocenters. The van der Waals surface area contributed by atoms with Gasteiger partial charge in [-0.15, -0.1) is 0 Å². The fourth-order valence-corrected chi connectivity index (χ4v) is 4.44. The molecule has 0 heterocycles. The lowest BCUT2D eigenvalue weighted by Gasteiger charge is -2.26. The first kappa shape index (κ1) is 15.0. The van der Waals surface area contributed by atoms with Crippen LogP contribution in [0.3, 0.4) is 0 Å². The first-order chi connectivity index (χ1) is 8.88. The van der Waals surface area contributed by atoms with Gasteiger partial charge in [0.15, 0.2) is 0 Å². The Kier molecular flexibility index (Phi) is 4.66. The average Bonchev–Trinajstić information content (AvgIpc) is 2.31. The highest BCUT2D eigenvalue weighted by molar-refractivity contribution is 9.10. The van der Waals surface area contributed by atoms with Gasteiger partial charge in [0.2, 0.25) is 10.0 Å². The Morgan fingerprint density at radius 3 is 2.47 bits per heavy atom. The molecule has 4 nitrogen and oxygen atoms in total. The third kappa shape index (κ3) is 3.78. The van der Waals surface area contributed by atoms with E-state index in [4.69, 9.17) is 5.73 Å². The fraction of sp³-hybridized carbons (Fsp3) is 0.538. The zero-order chi connectivity index (χ0) is 14.0. The van der Waals surface area contributed by atoms with Crippen molar-refractivity contribution in [1.82, 2.24) is 4.72 Å². The fourth-order valence-electron chi connectivity index (χ4n) is 2.43. The number of benzene rings is 1. The third-order valence-electron chi connectivity index (χ3n) is 3.52. The molecule has 0 spiro atoms. The Bertz CT molecular complexity index is 552. The number of halogens is 1. The van der Waals surface area contributed by atoms with Crippen LogP contribution in [0.2, 0.25) is 0 Å². The number of hydrogen-bond donors (Lipinski definition) is 2. The van der Waals surface area contributed by atoms with Gasteiger partial charge in [0.1, 0.15) is 0 Å². The minimum atomic E-state index is -3.44. The molecule has 0 aliphatic heterocycles. The topological polar surface area (TPSA) is 72.2 Å². The van der Waals surface area contributed by atoms with Crippen LogP contribution in [0.25, 0.3) is 0 Å². The summed E-state index contributed by atoms with van der Waals surface area (Å²) in [4.78, 5) is 0.352. The molecule has 0 bridgehead atoms. The molecular formula is C13H19BrN2O2S. The molecule has 1 aliphatic carbocycles. The summed E-state index contributed by atoms with van der Waals surface area (Å²) >= 11 is 3.34. The summed E-state index contributed by atoms with van der Waals surface area (Å²) in [5, 5.41) is 0. The molecular weight excluding hydrogens is 328 g/mol. The molecule has 0 radical (unpaired) electrons. The lowest BCUT2D eigenvalue weighted by molar-refractivity contribution is 0.373. The zero-order valence-corrected chi connectivity index (χ0v) is 13.3. The van der Waals surface area contributed by atoms with E-state index in [0.717, 1.165) is 35.7 Å². The van der Waals surface area contributed by atoms with Gasteiger partial charge in [-0.2, -0.15) is 0 Å². The molecule has 1 aliphatic rings. The molecule has 1 saturated carbocycles. The Hall–Kier alpha value is -0.430. The lowest BCUT2D eigenvalue weighted by Crippen LogP contribution is -2.40. The first-order valence-corrected chi connectivity index (χ1v) is 8.70. The molecule has 3 N–H and O–H groups in total. The van der Waals surface area contributed by atoms with Gasteiger partial charge in [0, 0.05) is 16.6 Å². The molecule has 1 aromatic carbocycles. The van der Waals surface area contributed by atoms with E-state index in [0.29, 0.717) is 4.90 Å². The van der Waals surface area contributed by atoms with Crippen molar-refractivity contribution in [2.75, 3.05) is 0 Å². The third-order valence-corrected chi connectivity index (χ3v) is 5.69. The van der Waals surface area contributed by atoms with Gasteiger partial charge in [0.05, 0.1) is 4.90 Å². The standard InChI is InChI=1S/C13H19BrN2O2S/c1-9-8-10(14)2-7-13(9)19(17,18)16-12-5-3-11(15)4-6-12/h2,7-8,11-12,16H,3-6,15H2,1H3. The minimum Gasteiger partial charge on any atom is -0.328 e. The maximum atomic E-state index is 12.4. The lowest BCUT2D eigenvalue weighted by atomic mass is 9.93. The van der Waals surface area contributed by atoms with E-state index < -0.39 is 10.0 Å². The summed E-state index contributed by atoms with van der Waals surface area (Å²) in [6.45, 7) is 1.80. The molecule has 1 aromatic rings. The molecule has 19 heavy (non-hydrogen) atoms. The summed E-state index contributed by atoms with van der Waals surface area (Å²) in [7, 11) is -3.44. The Morgan fingerprint density at radius 2 is 1.89 bits per heavy atom. The van der Waals surface area contributed by atoms with Crippen molar-refractivity contribution >= 4 is 26.0 Å². The van der Waals surface area contributed by atoms with E-state index in [-0.39, 0.29) is 12.1 Å². The summed E-state index contributed by atoms with van der Waals surface area (Å²) in [5.74, 6) is 0. The monoisotopic (exact) mass is 346 g/mol. The van der Waals surface area contributed by atoms with E-state index in [1.54, 1.807) is 19.1 Å². The number of nitrogens with one attached hydrogen (secondary N) is 1. The Balaban J connectivity index is 2.14. The van der Waals surface area contributed by atoms with Gasteiger partial charge >= 0.3 is 0 Å². The van der Waals surface area contributed by atoms with Gasteiger partial charge in [-0.1, -0.05) is 15.9 Å². The highest BCUT2D eigenvalue weighted by Crippen LogP contribution is 2.23.